The molecule has 0 saturated carbocycles. The Balaban J connectivity index is 1.85. The Morgan fingerprint density at radius 3 is 2.71 bits per heavy atom. The molecule has 4 heteroatoms. The molecule has 1 aliphatic rings. The summed E-state index contributed by atoms with van der Waals surface area (Å²) in [6, 6.07) is 6.15. The molecule has 1 aromatic carbocycles. The Morgan fingerprint density at radius 2 is 2.10 bits per heavy atom. The Kier molecular flexibility index (Phi) is 7.31. The van der Waals surface area contributed by atoms with Gasteiger partial charge in [-0.05, 0) is 62.8 Å². The second kappa shape index (κ2) is 8.99. The van der Waals surface area contributed by atoms with Crippen molar-refractivity contribution in [1.29, 1.82) is 0 Å². The van der Waals surface area contributed by atoms with Crippen molar-refractivity contribution < 1.29 is 4.74 Å². The van der Waals surface area contributed by atoms with Crippen molar-refractivity contribution in [3.8, 4) is 0 Å². The van der Waals surface area contributed by atoms with E-state index in [9.17, 15) is 0 Å². The molecule has 2 nitrogen and oxygen atoms in total. The number of rotatable bonds is 8. The van der Waals surface area contributed by atoms with E-state index in [1.54, 1.807) is 0 Å². The van der Waals surface area contributed by atoms with Crippen molar-refractivity contribution in [2.45, 2.75) is 57.6 Å². The SMILES string of the molecule is CCNC(CCCC1CCCO1)Cc1c(Cl)cccc1Cl. The third-order valence-corrected chi connectivity index (χ3v) is 4.82. The summed E-state index contributed by atoms with van der Waals surface area (Å²) in [6.45, 7) is 4.05. The predicted molar refractivity (Wildman–Crippen MR) is 90.5 cm³/mol. The van der Waals surface area contributed by atoms with Crippen molar-refractivity contribution >= 4 is 23.2 Å². The molecule has 0 spiro atoms. The van der Waals surface area contributed by atoms with Crippen molar-refractivity contribution in [1.82, 2.24) is 5.32 Å². The molecular weight excluding hydrogens is 305 g/mol. The number of halogens is 2. The molecule has 0 bridgehead atoms. The van der Waals surface area contributed by atoms with Gasteiger partial charge in [-0.3, -0.25) is 0 Å². The summed E-state index contributed by atoms with van der Waals surface area (Å²) in [5, 5.41) is 5.09. The van der Waals surface area contributed by atoms with Gasteiger partial charge in [0.2, 0.25) is 0 Å². The largest absolute Gasteiger partial charge is 0.378 e. The second-order valence-corrected chi connectivity index (χ2v) is 6.54. The summed E-state index contributed by atoms with van der Waals surface area (Å²) in [7, 11) is 0. The zero-order valence-corrected chi connectivity index (χ0v) is 14.2. The van der Waals surface area contributed by atoms with Gasteiger partial charge in [0.15, 0.2) is 0 Å². The minimum Gasteiger partial charge on any atom is -0.378 e. The average molecular weight is 330 g/mol. The van der Waals surface area contributed by atoms with Crippen molar-refractivity contribution in [3.05, 3.63) is 33.8 Å². The molecule has 1 N–H and O–H groups in total. The van der Waals surface area contributed by atoms with E-state index < -0.39 is 0 Å². The topological polar surface area (TPSA) is 21.3 Å². The summed E-state index contributed by atoms with van der Waals surface area (Å²) in [6.07, 6.45) is 7.30. The molecule has 1 saturated heterocycles. The summed E-state index contributed by atoms with van der Waals surface area (Å²) in [5.41, 5.74) is 1.06. The number of nitrogens with one attached hydrogen (secondary N) is 1. The maximum atomic E-state index is 6.28. The summed E-state index contributed by atoms with van der Waals surface area (Å²) in [4.78, 5) is 0. The number of benzene rings is 1. The Bertz CT molecular complexity index is 413. The Hall–Kier alpha value is -0.280. The lowest BCUT2D eigenvalue weighted by Crippen LogP contribution is -2.31. The van der Waals surface area contributed by atoms with E-state index in [2.05, 4.69) is 12.2 Å². The van der Waals surface area contributed by atoms with Crippen LogP contribution in [0.25, 0.3) is 0 Å². The first-order valence-corrected chi connectivity index (χ1v) is 8.74. The molecule has 0 aliphatic carbocycles. The summed E-state index contributed by atoms with van der Waals surface area (Å²) in [5.74, 6) is 0. The molecule has 21 heavy (non-hydrogen) atoms. The predicted octanol–water partition coefficient (Wildman–Crippen LogP) is 4.86. The first-order chi connectivity index (χ1) is 10.2. The van der Waals surface area contributed by atoms with Gasteiger partial charge in [0.25, 0.3) is 0 Å². The van der Waals surface area contributed by atoms with Gasteiger partial charge >= 0.3 is 0 Å². The standard InChI is InChI=1S/C17H25Cl2NO/c1-2-20-13(6-3-7-14-8-5-11-21-14)12-15-16(18)9-4-10-17(15)19/h4,9-10,13-14,20H,2-3,5-8,11-12H2,1H3. The fourth-order valence-electron chi connectivity index (χ4n) is 3.00. The lowest BCUT2D eigenvalue weighted by atomic mass is 9.99. The van der Waals surface area contributed by atoms with E-state index in [0.29, 0.717) is 12.1 Å². The molecule has 1 fully saturated rings. The van der Waals surface area contributed by atoms with Crippen LogP contribution in [0.5, 0.6) is 0 Å². The fraction of sp³-hybridized carbons (Fsp3) is 0.647. The molecule has 2 rings (SSSR count). The monoisotopic (exact) mass is 329 g/mol. The first-order valence-electron chi connectivity index (χ1n) is 7.98. The molecule has 0 aromatic heterocycles. The van der Waals surface area contributed by atoms with E-state index in [4.69, 9.17) is 27.9 Å². The van der Waals surface area contributed by atoms with E-state index in [-0.39, 0.29) is 0 Å². The van der Waals surface area contributed by atoms with Crippen LogP contribution in [0, 0.1) is 0 Å². The molecule has 1 heterocycles. The Morgan fingerprint density at radius 1 is 1.33 bits per heavy atom. The quantitative estimate of drug-likeness (QED) is 0.735. The fourth-order valence-corrected chi connectivity index (χ4v) is 3.55. The highest BCUT2D eigenvalue weighted by Gasteiger charge is 2.17. The van der Waals surface area contributed by atoms with Crippen LogP contribution in [-0.2, 0) is 11.2 Å². The van der Waals surface area contributed by atoms with Crippen LogP contribution < -0.4 is 5.32 Å². The average Bonchev–Trinajstić information content (AvgIpc) is 2.96. The number of hydrogen-bond donors (Lipinski definition) is 1. The molecule has 2 atom stereocenters. The molecule has 2 unspecified atom stereocenters. The van der Waals surface area contributed by atoms with Crippen LogP contribution in [-0.4, -0.2) is 25.3 Å². The van der Waals surface area contributed by atoms with E-state index in [0.717, 1.165) is 48.0 Å². The number of likely N-dealkylation sites (N-methyl/N-ethyl adjacent to an activating group) is 1. The second-order valence-electron chi connectivity index (χ2n) is 5.72. The van der Waals surface area contributed by atoms with Gasteiger partial charge < -0.3 is 10.1 Å². The minimum atomic E-state index is 0.425. The summed E-state index contributed by atoms with van der Waals surface area (Å²) >= 11 is 12.6. The van der Waals surface area contributed by atoms with E-state index in [1.165, 1.54) is 19.3 Å². The van der Waals surface area contributed by atoms with Crippen molar-refractivity contribution in [3.63, 3.8) is 0 Å². The van der Waals surface area contributed by atoms with Gasteiger partial charge in [-0.2, -0.15) is 0 Å². The maximum Gasteiger partial charge on any atom is 0.0576 e. The van der Waals surface area contributed by atoms with Crippen LogP contribution in [0.1, 0.15) is 44.6 Å². The molecule has 1 aromatic rings. The zero-order valence-electron chi connectivity index (χ0n) is 12.7. The maximum absolute atomic E-state index is 6.28. The van der Waals surface area contributed by atoms with Crippen LogP contribution in [0.3, 0.4) is 0 Å². The van der Waals surface area contributed by atoms with Crippen molar-refractivity contribution in [2.24, 2.45) is 0 Å². The minimum absolute atomic E-state index is 0.425. The molecule has 0 radical (unpaired) electrons. The highest BCUT2D eigenvalue weighted by atomic mass is 35.5. The molecule has 118 valence electrons. The lowest BCUT2D eigenvalue weighted by molar-refractivity contribution is 0.101. The van der Waals surface area contributed by atoms with Crippen LogP contribution >= 0.6 is 23.2 Å². The van der Waals surface area contributed by atoms with Crippen LogP contribution in [0.2, 0.25) is 10.0 Å². The zero-order chi connectivity index (χ0) is 15.1. The lowest BCUT2D eigenvalue weighted by Gasteiger charge is -2.20. The van der Waals surface area contributed by atoms with Crippen LogP contribution in [0.4, 0.5) is 0 Å². The highest BCUT2D eigenvalue weighted by Crippen LogP contribution is 2.27. The normalized spacial score (nSPS) is 19.9. The van der Waals surface area contributed by atoms with Gasteiger partial charge in [0.1, 0.15) is 0 Å². The van der Waals surface area contributed by atoms with E-state index >= 15 is 0 Å². The summed E-state index contributed by atoms with van der Waals surface area (Å²) < 4.78 is 5.69. The van der Waals surface area contributed by atoms with E-state index in [1.807, 2.05) is 18.2 Å². The first kappa shape index (κ1) is 17.1. The number of ether oxygens (including phenoxy) is 1. The van der Waals surface area contributed by atoms with Gasteiger partial charge in [0, 0.05) is 22.7 Å². The van der Waals surface area contributed by atoms with Crippen LogP contribution in [0.15, 0.2) is 18.2 Å². The molecule has 1 aliphatic heterocycles. The highest BCUT2D eigenvalue weighted by molar-refractivity contribution is 6.36. The van der Waals surface area contributed by atoms with Gasteiger partial charge in [0.05, 0.1) is 6.10 Å². The smallest absolute Gasteiger partial charge is 0.0576 e. The third kappa shape index (κ3) is 5.45. The van der Waals surface area contributed by atoms with Crippen molar-refractivity contribution in [2.75, 3.05) is 13.2 Å². The number of hydrogen-bond acceptors (Lipinski definition) is 2. The van der Waals surface area contributed by atoms with Gasteiger partial charge in [-0.1, -0.05) is 36.2 Å². The van der Waals surface area contributed by atoms with Gasteiger partial charge in [-0.15, -0.1) is 0 Å². The molecular formula is C17H25Cl2NO. The third-order valence-electron chi connectivity index (χ3n) is 4.11. The van der Waals surface area contributed by atoms with Gasteiger partial charge in [-0.25, -0.2) is 0 Å². The Labute approximate surface area is 138 Å². The molecule has 0 amide bonds.